The summed E-state index contributed by atoms with van der Waals surface area (Å²) in [5.74, 6) is 3.02. The summed E-state index contributed by atoms with van der Waals surface area (Å²) in [6.07, 6.45) is 12.5. The van der Waals surface area contributed by atoms with Gasteiger partial charge in [0.2, 0.25) is 0 Å². The average molecular weight is 377 g/mol. The molecule has 0 unspecified atom stereocenters. The van der Waals surface area contributed by atoms with Gasteiger partial charge >= 0.3 is 5.97 Å². The van der Waals surface area contributed by atoms with Gasteiger partial charge in [-0.05, 0) is 97.7 Å². The fourth-order valence-corrected chi connectivity index (χ4v) is 8.78. The van der Waals surface area contributed by atoms with Crippen molar-refractivity contribution in [2.45, 2.75) is 97.5 Å². The van der Waals surface area contributed by atoms with Gasteiger partial charge < -0.3 is 10.2 Å². The van der Waals surface area contributed by atoms with E-state index in [0.717, 1.165) is 18.8 Å². The van der Waals surface area contributed by atoms with E-state index in [9.17, 15) is 9.90 Å². The van der Waals surface area contributed by atoms with Gasteiger partial charge in [-0.3, -0.25) is 4.79 Å². The lowest BCUT2D eigenvalue weighted by Gasteiger charge is -2.62. The molecule has 0 aliphatic heterocycles. The highest BCUT2D eigenvalue weighted by Gasteiger charge is 2.62. The second-order valence-corrected chi connectivity index (χ2v) is 11.2. The SMILES string of the molecule is C[C@@H](CCC(=O)O)[C@H]1CC[C@H]2[C@@H]3[C@H](O)C[C@@H]4CCCC[C@]4(C)[C@H]3CC[C@]12C. The summed E-state index contributed by atoms with van der Waals surface area (Å²) in [6.45, 7) is 7.33. The molecule has 4 rings (SSSR count). The first-order chi connectivity index (χ1) is 12.8. The van der Waals surface area contributed by atoms with Crippen LogP contribution in [0.5, 0.6) is 0 Å². The van der Waals surface area contributed by atoms with E-state index in [1.807, 2.05) is 0 Å². The van der Waals surface area contributed by atoms with E-state index in [0.29, 0.717) is 46.8 Å². The van der Waals surface area contributed by atoms with Gasteiger partial charge in [0.05, 0.1) is 6.10 Å². The zero-order valence-corrected chi connectivity index (χ0v) is 17.6. The zero-order chi connectivity index (χ0) is 19.4. The quantitative estimate of drug-likeness (QED) is 0.680. The van der Waals surface area contributed by atoms with Crippen molar-refractivity contribution in [2.75, 3.05) is 0 Å². The number of aliphatic carboxylic acids is 1. The second-order valence-electron chi connectivity index (χ2n) is 11.2. The molecule has 0 saturated heterocycles. The Morgan fingerprint density at radius 2 is 1.78 bits per heavy atom. The van der Waals surface area contributed by atoms with Gasteiger partial charge in [0.1, 0.15) is 0 Å². The highest BCUT2D eigenvalue weighted by molar-refractivity contribution is 5.66. The van der Waals surface area contributed by atoms with E-state index in [1.54, 1.807) is 0 Å². The van der Waals surface area contributed by atoms with Crippen LogP contribution in [0, 0.1) is 46.3 Å². The molecule has 0 aromatic rings. The number of fused-ring (bicyclic) bond motifs is 5. The maximum atomic E-state index is 11.2. The molecule has 0 radical (unpaired) electrons. The number of hydrogen-bond donors (Lipinski definition) is 2. The third kappa shape index (κ3) is 3.07. The molecule has 0 spiro atoms. The van der Waals surface area contributed by atoms with Crippen LogP contribution in [-0.4, -0.2) is 22.3 Å². The summed E-state index contributed by atoms with van der Waals surface area (Å²) in [5.41, 5.74) is 0.758. The first-order valence-corrected chi connectivity index (χ1v) is 11.7. The fourth-order valence-electron chi connectivity index (χ4n) is 8.78. The minimum absolute atomic E-state index is 0.108. The summed E-state index contributed by atoms with van der Waals surface area (Å²) >= 11 is 0. The highest BCUT2D eigenvalue weighted by atomic mass is 16.4. The van der Waals surface area contributed by atoms with E-state index in [-0.39, 0.29) is 6.10 Å². The Morgan fingerprint density at radius 1 is 1.04 bits per heavy atom. The standard InChI is InChI=1S/C24H40O3/c1-15(7-10-21(26)27)17-8-9-18-22-19(11-13-24(17,18)3)23(2)12-5-4-6-16(23)14-20(22)25/h15-20,22,25H,4-14H2,1-3H3,(H,26,27)/t15-,16-,17+,18-,19-,20+,22-,23-,24+/m0/s1. The number of rotatable bonds is 4. The maximum absolute atomic E-state index is 11.2. The predicted octanol–water partition coefficient (Wildman–Crippen LogP) is 5.51. The van der Waals surface area contributed by atoms with Gasteiger partial charge in [-0.1, -0.05) is 33.6 Å². The Morgan fingerprint density at radius 3 is 2.52 bits per heavy atom. The molecule has 27 heavy (non-hydrogen) atoms. The molecular formula is C24H40O3. The lowest BCUT2D eigenvalue weighted by molar-refractivity contribution is -0.164. The molecule has 0 amide bonds. The summed E-state index contributed by atoms with van der Waals surface area (Å²) in [4.78, 5) is 11.0. The van der Waals surface area contributed by atoms with Crippen molar-refractivity contribution in [3.05, 3.63) is 0 Å². The zero-order valence-electron chi connectivity index (χ0n) is 17.6. The Balaban J connectivity index is 1.56. The van der Waals surface area contributed by atoms with Crippen LogP contribution in [0.1, 0.15) is 91.4 Å². The molecule has 2 N–H and O–H groups in total. The normalized spacial score (nSPS) is 50.4. The van der Waals surface area contributed by atoms with Gasteiger partial charge in [-0.25, -0.2) is 0 Å². The molecule has 4 aliphatic rings. The van der Waals surface area contributed by atoms with Gasteiger partial charge in [0.25, 0.3) is 0 Å². The van der Waals surface area contributed by atoms with Crippen molar-refractivity contribution in [1.29, 1.82) is 0 Å². The lowest BCUT2D eigenvalue weighted by atomic mass is 9.44. The largest absolute Gasteiger partial charge is 0.481 e. The minimum atomic E-state index is -0.663. The van der Waals surface area contributed by atoms with Gasteiger partial charge in [-0.2, -0.15) is 0 Å². The van der Waals surface area contributed by atoms with Crippen molar-refractivity contribution >= 4 is 5.97 Å². The monoisotopic (exact) mass is 376 g/mol. The number of carbonyl (C=O) groups is 1. The topological polar surface area (TPSA) is 57.5 Å². The molecule has 0 aromatic carbocycles. The molecule has 154 valence electrons. The third-order valence-electron chi connectivity index (χ3n) is 10.2. The summed E-state index contributed by atoms with van der Waals surface area (Å²) in [6, 6.07) is 0. The summed E-state index contributed by atoms with van der Waals surface area (Å²) < 4.78 is 0. The van der Waals surface area contributed by atoms with Crippen LogP contribution < -0.4 is 0 Å². The predicted molar refractivity (Wildman–Crippen MR) is 107 cm³/mol. The Kier molecular flexibility index (Phi) is 5.15. The number of carboxylic acids is 1. The smallest absolute Gasteiger partial charge is 0.303 e. The molecule has 4 saturated carbocycles. The van der Waals surface area contributed by atoms with E-state index in [1.165, 1.54) is 51.4 Å². The summed E-state index contributed by atoms with van der Waals surface area (Å²) in [5, 5.41) is 20.3. The number of carboxylic acid groups (broad SMARTS) is 1. The van der Waals surface area contributed by atoms with Gasteiger partial charge in [-0.15, -0.1) is 0 Å². The number of aliphatic hydroxyl groups is 1. The minimum Gasteiger partial charge on any atom is -0.481 e. The molecule has 3 nitrogen and oxygen atoms in total. The average Bonchev–Trinajstić information content (AvgIpc) is 2.97. The second kappa shape index (κ2) is 7.04. The van der Waals surface area contributed by atoms with Crippen LogP contribution in [0.3, 0.4) is 0 Å². The first kappa shape index (κ1) is 19.7. The van der Waals surface area contributed by atoms with Gasteiger partial charge in [0.15, 0.2) is 0 Å². The maximum Gasteiger partial charge on any atom is 0.303 e. The van der Waals surface area contributed by atoms with E-state index >= 15 is 0 Å². The third-order valence-corrected chi connectivity index (χ3v) is 10.2. The Labute approximate surface area is 165 Å². The molecule has 0 heterocycles. The van der Waals surface area contributed by atoms with E-state index in [2.05, 4.69) is 20.8 Å². The molecular weight excluding hydrogens is 336 g/mol. The van der Waals surface area contributed by atoms with Crippen molar-refractivity contribution < 1.29 is 15.0 Å². The van der Waals surface area contributed by atoms with Crippen molar-refractivity contribution in [3.8, 4) is 0 Å². The van der Waals surface area contributed by atoms with Crippen LogP contribution in [-0.2, 0) is 4.79 Å². The van der Waals surface area contributed by atoms with Gasteiger partial charge in [0, 0.05) is 6.42 Å². The van der Waals surface area contributed by atoms with E-state index < -0.39 is 5.97 Å². The fraction of sp³-hybridized carbons (Fsp3) is 0.958. The molecule has 4 fully saturated rings. The molecule has 0 bridgehead atoms. The molecule has 4 aliphatic carbocycles. The van der Waals surface area contributed by atoms with Crippen LogP contribution in [0.2, 0.25) is 0 Å². The lowest BCUT2D eigenvalue weighted by Crippen LogP contribution is -2.57. The molecule has 0 aromatic heterocycles. The highest BCUT2D eigenvalue weighted by Crippen LogP contribution is 2.68. The Bertz CT molecular complexity index is 574. The summed E-state index contributed by atoms with van der Waals surface area (Å²) in [7, 11) is 0. The number of aliphatic hydroxyl groups excluding tert-OH is 1. The van der Waals surface area contributed by atoms with Crippen molar-refractivity contribution in [1.82, 2.24) is 0 Å². The first-order valence-electron chi connectivity index (χ1n) is 11.7. The van der Waals surface area contributed by atoms with Crippen LogP contribution >= 0.6 is 0 Å². The molecule has 3 heteroatoms. The van der Waals surface area contributed by atoms with Crippen molar-refractivity contribution in [3.63, 3.8) is 0 Å². The van der Waals surface area contributed by atoms with Crippen LogP contribution in [0.15, 0.2) is 0 Å². The Hall–Kier alpha value is -0.570. The number of hydrogen-bond acceptors (Lipinski definition) is 2. The van der Waals surface area contributed by atoms with Crippen molar-refractivity contribution in [2.24, 2.45) is 46.3 Å². The molecule has 9 atom stereocenters. The van der Waals surface area contributed by atoms with Crippen LogP contribution in [0.4, 0.5) is 0 Å². The van der Waals surface area contributed by atoms with Crippen LogP contribution in [0.25, 0.3) is 0 Å². The van der Waals surface area contributed by atoms with E-state index in [4.69, 9.17) is 5.11 Å².